The van der Waals surface area contributed by atoms with E-state index in [1.54, 1.807) is 29.5 Å². The molecule has 0 radical (unpaired) electrons. The molecule has 91 heavy (non-hydrogen) atoms. The summed E-state index contributed by atoms with van der Waals surface area (Å²) in [5, 5.41) is 26.4. The number of likely N-dealkylation sites (tertiary alicyclic amines) is 2. The molecule has 9 heterocycles. The lowest BCUT2D eigenvalue weighted by Crippen LogP contribution is -2.54. The first-order chi connectivity index (χ1) is 43.7. The molecule has 4 N–H and O–H groups in total. The lowest BCUT2D eigenvalue weighted by atomic mass is 9.91. The first-order valence-electron chi connectivity index (χ1n) is 31.3. The molecule has 2 aromatic carbocycles. The Morgan fingerprint density at radius 2 is 1.64 bits per heavy atom. The Kier molecular flexibility index (Phi) is 20.3. The van der Waals surface area contributed by atoms with Crippen molar-refractivity contribution in [1.29, 1.82) is 0 Å². The number of carbonyl (C=O) groups excluding carboxylic acids is 3. The number of nitrogen functional groups attached to an aromatic ring is 1. The zero-order valence-electron chi connectivity index (χ0n) is 52.7. The highest BCUT2D eigenvalue weighted by Gasteiger charge is 2.47. The van der Waals surface area contributed by atoms with Crippen LogP contribution in [0.2, 0.25) is 0 Å². The topological polar surface area (TPSA) is 278 Å². The van der Waals surface area contributed by atoms with Crippen molar-refractivity contribution in [2.45, 2.75) is 114 Å². The molecule has 27 heteroatoms. The molecule has 2 amide bonds. The Labute approximate surface area is 539 Å². The Hall–Kier alpha value is -7.30. The Morgan fingerprint density at radius 1 is 0.901 bits per heavy atom. The van der Waals surface area contributed by atoms with E-state index in [0.717, 1.165) is 102 Å². The molecule has 5 aliphatic rings. The van der Waals surface area contributed by atoms with Gasteiger partial charge in [0, 0.05) is 106 Å². The third kappa shape index (κ3) is 15.6. The zero-order chi connectivity index (χ0) is 64.1. The summed E-state index contributed by atoms with van der Waals surface area (Å²) in [6.45, 7) is 17.0. The van der Waals surface area contributed by atoms with E-state index < -0.39 is 55.7 Å². The van der Waals surface area contributed by atoms with Crippen LogP contribution in [0.25, 0.3) is 21.7 Å². The molecule has 5 saturated heterocycles. The molecule has 0 aliphatic carbocycles. The van der Waals surface area contributed by atoms with Crippen molar-refractivity contribution in [2.24, 2.45) is 5.92 Å². The number of nitrogens with one attached hydrogen (secondary N) is 1. The monoisotopic (exact) mass is 1310 g/mol. The van der Waals surface area contributed by atoms with Crippen LogP contribution in [-0.4, -0.2) is 210 Å². The second kappa shape index (κ2) is 28.3. The number of benzene rings is 2. The zero-order valence-corrected chi connectivity index (χ0v) is 55.1. The van der Waals surface area contributed by atoms with Gasteiger partial charge in [0.05, 0.1) is 44.8 Å². The predicted molar refractivity (Wildman–Crippen MR) is 349 cm³/mol. The van der Waals surface area contributed by atoms with E-state index in [2.05, 4.69) is 68.1 Å². The number of carbonyl (C=O) groups is 3. The van der Waals surface area contributed by atoms with E-state index in [9.17, 15) is 27.9 Å². The number of phenols is 1. The molecule has 6 aromatic rings. The van der Waals surface area contributed by atoms with Gasteiger partial charge in [-0.05, 0) is 124 Å². The number of aromatic nitrogens is 5. The number of amides is 2. The molecular weight excluding hydrogens is 1220 g/mol. The first kappa shape index (κ1) is 65.2. The molecule has 0 saturated carbocycles. The number of anilines is 3. The van der Waals surface area contributed by atoms with Gasteiger partial charge in [0.2, 0.25) is 17.7 Å². The maximum absolute atomic E-state index is 15.0. The number of piperidine rings is 1. The van der Waals surface area contributed by atoms with Crippen LogP contribution in [0.1, 0.15) is 88.8 Å². The molecule has 24 nitrogen and oxygen atoms in total. The van der Waals surface area contributed by atoms with Gasteiger partial charge in [-0.2, -0.15) is 0 Å². The number of nitrogens with two attached hydrogens (primary N) is 1. The number of thiazole rings is 1. The minimum atomic E-state index is -3.48. The van der Waals surface area contributed by atoms with E-state index in [4.69, 9.17) is 29.2 Å². The van der Waals surface area contributed by atoms with Crippen molar-refractivity contribution >= 4 is 66.2 Å². The number of aromatic hydroxyl groups is 1. The average Bonchev–Trinajstić information content (AvgIpc) is 1.76. The Morgan fingerprint density at radius 3 is 2.34 bits per heavy atom. The fourth-order valence-electron chi connectivity index (χ4n) is 13.4. The van der Waals surface area contributed by atoms with Gasteiger partial charge in [-0.25, -0.2) is 23.2 Å². The second-order valence-corrected chi connectivity index (χ2v) is 30.8. The number of hydrogen-bond donors (Lipinski definition) is 3. The highest BCUT2D eigenvalue weighted by Crippen LogP contribution is 2.42. The van der Waals surface area contributed by atoms with Crippen LogP contribution in [0, 0.1) is 12.8 Å². The summed E-state index contributed by atoms with van der Waals surface area (Å²) in [5.41, 5.74) is 14.1. The molecule has 2 unspecified atom stereocenters. The van der Waals surface area contributed by atoms with Gasteiger partial charge in [-0.1, -0.05) is 50.2 Å². The fourth-order valence-corrected chi connectivity index (χ4v) is 17.9. The third-order valence-electron chi connectivity index (χ3n) is 18.3. The number of piperazine rings is 2. The minimum Gasteiger partial charge on any atom is -0.507 e. The van der Waals surface area contributed by atoms with E-state index in [1.165, 1.54) is 4.90 Å². The summed E-state index contributed by atoms with van der Waals surface area (Å²) >= 11 is 1.56. The van der Waals surface area contributed by atoms with Crippen molar-refractivity contribution in [3.63, 3.8) is 0 Å². The molecule has 11 rings (SSSR count). The van der Waals surface area contributed by atoms with Crippen molar-refractivity contribution in [1.82, 2.24) is 50.2 Å². The van der Waals surface area contributed by atoms with Crippen molar-refractivity contribution in [2.75, 3.05) is 114 Å². The lowest BCUT2D eigenvalue weighted by molar-refractivity contribution is -0.141. The molecule has 488 valence electrons. The third-order valence-corrected chi connectivity index (χ3v) is 22.4. The van der Waals surface area contributed by atoms with Gasteiger partial charge in [0.25, 0.3) is 5.88 Å². The number of rotatable bonds is 23. The summed E-state index contributed by atoms with van der Waals surface area (Å²) in [5.74, 6) is -0.396. The summed E-state index contributed by atoms with van der Waals surface area (Å²) in [4.78, 5) is 66.0. The molecule has 7 atom stereocenters. The maximum Gasteiger partial charge on any atom is 0.508 e. The number of phenolic OH excluding ortho intramolecular Hbond substituents is 1. The fraction of sp³-hybridized carbons (Fsp3) is 0.531. The highest BCUT2D eigenvalue weighted by molar-refractivity contribution is 8.72. The summed E-state index contributed by atoms with van der Waals surface area (Å²) < 4.78 is 54.0. The van der Waals surface area contributed by atoms with Crippen LogP contribution in [0.3, 0.4) is 0 Å². The van der Waals surface area contributed by atoms with Crippen molar-refractivity contribution in [3.8, 4) is 39.2 Å². The first-order valence-corrected chi connectivity index (χ1v) is 35.4. The number of nitrogens with zero attached hydrogens (tertiary/aromatic N) is 11. The van der Waals surface area contributed by atoms with Gasteiger partial charge in [-0.15, -0.1) is 21.5 Å². The molecule has 5 fully saturated rings. The number of hydrogen-bond acceptors (Lipinski definition) is 24. The summed E-state index contributed by atoms with van der Waals surface area (Å²) in [7, 11) is -0.712. The summed E-state index contributed by atoms with van der Waals surface area (Å²) in [6, 6.07) is 22.0. The molecule has 2 bridgehead atoms. The normalized spacial score (nSPS) is 22.0. The second-order valence-electron chi connectivity index (χ2n) is 25.2. The summed E-state index contributed by atoms with van der Waals surface area (Å²) in [6.07, 6.45) is 4.11. The van der Waals surface area contributed by atoms with E-state index >= 15 is 0 Å². The lowest BCUT2D eigenvalue weighted by Gasteiger charge is -2.43. The van der Waals surface area contributed by atoms with Crippen LogP contribution in [0.5, 0.6) is 17.5 Å². The standard InChI is InChI=1S/C64H83N13O11S3/c1-40(2)58(62(80)76-37-49(87-63(81)86-38-64(90-91(7,82)83)19-22-72(6)23-20-64)31-53(76)61(79)68-42(4)44-12-14-45(15-13-44)59-43(5)67-39-89-59)55-33-57(71-88-55)85-28-26-73-24-25-74(41(3)34-73)27-29-84-56-30-46(18-21-66-56)77-47-16-17-48(77)36-75(35-47)52-32-51(69-70-60(52)65)50-10-8-9-11-54(50)78/h8-15,18,21,30,32-33,39-42,47-49,53,58,78H,16-17,19-20,22-29,31,34-38H2,1-7H3,(H2,65,70)(H,68,79)/t41-,42+,47?,48?,49-,53+,58-/m1/s1. The Bertz CT molecular complexity index is 3610. The molecule has 0 spiro atoms. The molecule has 5 aliphatic heterocycles. The molecule has 4 aromatic heterocycles. The molecular formula is C64H83N13O11S3. The highest BCUT2D eigenvalue weighted by atomic mass is 33.1. The largest absolute Gasteiger partial charge is 0.508 e. The van der Waals surface area contributed by atoms with Gasteiger partial charge >= 0.3 is 6.16 Å². The average molecular weight is 1310 g/mol. The van der Waals surface area contributed by atoms with Crippen molar-refractivity contribution < 1.29 is 51.4 Å². The number of fused-ring (bicyclic) bond motifs is 2. The number of para-hydroxylation sites is 1. The number of ether oxygens (including phenoxy) is 4. The number of aryl methyl sites for hydroxylation is 1. The van der Waals surface area contributed by atoms with Crippen LogP contribution in [0.4, 0.5) is 22.0 Å². The minimum absolute atomic E-state index is 0.00354. The quantitative estimate of drug-likeness (QED) is 0.0414. The van der Waals surface area contributed by atoms with E-state index in [-0.39, 0.29) is 61.0 Å². The van der Waals surface area contributed by atoms with Crippen LogP contribution in [0.15, 0.2) is 89.0 Å². The predicted octanol–water partition coefficient (Wildman–Crippen LogP) is 7.46. The van der Waals surface area contributed by atoms with Crippen LogP contribution < -0.4 is 30.3 Å². The maximum atomic E-state index is 15.0. The number of pyridine rings is 1. The van der Waals surface area contributed by atoms with Gasteiger partial charge in [0.15, 0.2) is 20.4 Å². The van der Waals surface area contributed by atoms with Gasteiger partial charge < -0.3 is 59.2 Å². The SMILES string of the molecule is Cc1ncsc1-c1ccc([C@H](C)NC(=O)[C@@H]2C[C@@H](OC(=O)OCC3(SS(C)(=O)=O)CCN(C)CC3)CN2C(=O)[C@@H](c2cc(OCCN3CCN(CCOc4cc(N5C6CCC5CN(c5cc(-c7ccccc7O)nnc5N)C6)ccn4)[C@H](C)C3)no2)C(C)C)cc1. The van der Waals surface area contributed by atoms with Gasteiger partial charge in [0.1, 0.15) is 43.6 Å². The van der Waals surface area contributed by atoms with Crippen molar-refractivity contribution in [3.05, 3.63) is 102 Å². The smallest absolute Gasteiger partial charge is 0.507 e. The van der Waals surface area contributed by atoms with E-state index in [0.29, 0.717) is 68.6 Å². The van der Waals surface area contributed by atoms with Crippen LogP contribution in [-0.2, 0) is 27.9 Å². The van der Waals surface area contributed by atoms with E-state index in [1.807, 2.05) is 95.0 Å². The van der Waals surface area contributed by atoms with Gasteiger partial charge in [-0.3, -0.25) is 19.4 Å². The Balaban J connectivity index is 0.665. The van der Waals surface area contributed by atoms with Crippen LogP contribution >= 0.6 is 22.1 Å².